The number of carbonyl (C=O) groups is 2. The Balaban J connectivity index is 2.16. The van der Waals surface area contributed by atoms with Crippen LogP contribution in [0.25, 0.3) is 0 Å². The van der Waals surface area contributed by atoms with Crippen LogP contribution in [-0.4, -0.2) is 35.9 Å². The number of rotatable bonds is 8. The molecular formula is C22H27BrN2O3. The van der Waals surface area contributed by atoms with Crippen LogP contribution in [0.1, 0.15) is 30.5 Å². The summed E-state index contributed by atoms with van der Waals surface area (Å²) in [7, 11) is 0. The lowest BCUT2D eigenvalue weighted by atomic mass is 10.1. The average molecular weight is 447 g/mol. The summed E-state index contributed by atoms with van der Waals surface area (Å²) >= 11 is 3.45. The van der Waals surface area contributed by atoms with Crippen molar-refractivity contribution < 1.29 is 14.3 Å². The minimum absolute atomic E-state index is 0.123. The number of halogens is 1. The number of aryl methyl sites for hydroxylation is 2. The lowest BCUT2D eigenvalue weighted by molar-refractivity contribution is -0.142. The molecule has 2 aromatic carbocycles. The molecule has 0 saturated carbocycles. The van der Waals surface area contributed by atoms with E-state index in [1.165, 1.54) is 0 Å². The molecule has 2 rings (SSSR count). The van der Waals surface area contributed by atoms with Crippen LogP contribution >= 0.6 is 15.9 Å². The minimum Gasteiger partial charge on any atom is -0.483 e. The van der Waals surface area contributed by atoms with E-state index >= 15 is 0 Å². The van der Waals surface area contributed by atoms with Gasteiger partial charge in [0.1, 0.15) is 11.8 Å². The molecule has 0 spiro atoms. The van der Waals surface area contributed by atoms with E-state index in [0.717, 1.165) is 21.2 Å². The van der Waals surface area contributed by atoms with Crippen LogP contribution in [0.4, 0.5) is 0 Å². The highest BCUT2D eigenvalue weighted by atomic mass is 79.9. The van der Waals surface area contributed by atoms with Crippen LogP contribution in [0.2, 0.25) is 0 Å². The van der Waals surface area contributed by atoms with E-state index in [-0.39, 0.29) is 18.4 Å². The molecule has 28 heavy (non-hydrogen) atoms. The van der Waals surface area contributed by atoms with E-state index in [1.807, 2.05) is 63.2 Å². The van der Waals surface area contributed by atoms with E-state index in [0.29, 0.717) is 18.8 Å². The number of ether oxygens (including phenoxy) is 1. The van der Waals surface area contributed by atoms with Gasteiger partial charge in [0, 0.05) is 17.6 Å². The van der Waals surface area contributed by atoms with E-state index in [4.69, 9.17) is 4.74 Å². The van der Waals surface area contributed by atoms with Crippen molar-refractivity contribution in [1.29, 1.82) is 0 Å². The predicted molar refractivity (Wildman–Crippen MR) is 114 cm³/mol. The fourth-order valence-corrected chi connectivity index (χ4v) is 3.37. The van der Waals surface area contributed by atoms with E-state index in [9.17, 15) is 9.59 Å². The second-order valence-corrected chi connectivity index (χ2v) is 7.70. The minimum atomic E-state index is -0.603. The summed E-state index contributed by atoms with van der Waals surface area (Å²) in [5, 5.41) is 2.78. The average Bonchev–Trinajstić information content (AvgIpc) is 2.65. The Bertz CT molecular complexity index is 838. The summed E-state index contributed by atoms with van der Waals surface area (Å²) in [5.74, 6) is 0.253. The molecule has 150 valence electrons. The molecule has 0 bridgehead atoms. The summed E-state index contributed by atoms with van der Waals surface area (Å²) in [6, 6.07) is 12.9. The third-order valence-electron chi connectivity index (χ3n) is 4.44. The first-order valence-corrected chi connectivity index (χ1v) is 10.1. The standard InChI is InChI=1S/C22H27BrN2O3/c1-5-24-22(27)17(4)25(13-18-7-6-8-19(23)12-18)21(26)14-28-20-10-9-15(2)11-16(20)3/h6-12,17H,5,13-14H2,1-4H3,(H,24,27)/t17-/m0/s1. The second kappa shape index (κ2) is 10.3. The van der Waals surface area contributed by atoms with Crippen LogP contribution in [0.5, 0.6) is 5.75 Å². The maximum Gasteiger partial charge on any atom is 0.261 e. The topological polar surface area (TPSA) is 58.6 Å². The summed E-state index contributed by atoms with van der Waals surface area (Å²) in [6.07, 6.45) is 0. The number of amides is 2. The molecule has 5 nitrogen and oxygen atoms in total. The van der Waals surface area contributed by atoms with Crippen LogP contribution in [0, 0.1) is 13.8 Å². The first kappa shape index (κ1) is 22.0. The van der Waals surface area contributed by atoms with Crippen LogP contribution in [0.3, 0.4) is 0 Å². The Kier molecular flexibility index (Phi) is 8.05. The van der Waals surface area contributed by atoms with Gasteiger partial charge in [0.2, 0.25) is 5.91 Å². The van der Waals surface area contributed by atoms with Crippen LogP contribution in [0.15, 0.2) is 46.9 Å². The van der Waals surface area contributed by atoms with Crippen molar-refractivity contribution >= 4 is 27.7 Å². The SMILES string of the molecule is CCNC(=O)[C@H](C)N(Cc1cccc(Br)c1)C(=O)COc1ccc(C)cc1C. The number of likely N-dealkylation sites (N-methyl/N-ethyl adjacent to an activating group) is 1. The van der Waals surface area contributed by atoms with Crippen molar-refractivity contribution in [3.63, 3.8) is 0 Å². The first-order chi connectivity index (χ1) is 13.3. The Labute approximate surface area is 175 Å². The summed E-state index contributed by atoms with van der Waals surface area (Å²) in [6.45, 7) is 8.26. The van der Waals surface area contributed by atoms with Gasteiger partial charge < -0.3 is 15.0 Å². The fraction of sp³-hybridized carbons (Fsp3) is 0.364. The monoisotopic (exact) mass is 446 g/mol. The van der Waals surface area contributed by atoms with Gasteiger partial charge in [-0.1, -0.05) is 45.8 Å². The number of nitrogens with zero attached hydrogens (tertiary/aromatic N) is 1. The number of carbonyl (C=O) groups excluding carboxylic acids is 2. The van der Waals surface area contributed by atoms with Gasteiger partial charge in [-0.25, -0.2) is 0 Å². The van der Waals surface area contributed by atoms with Crippen molar-refractivity contribution in [2.45, 2.75) is 40.3 Å². The Morgan fingerprint density at radius 2 is 1.93 bits per heavy atom. The Hall–Kier alpha value is -2.34. The zero-order valence-electron chi connectivity index (χ0n) is 16.8. The normalized spacial score (nSPS) is 11.6. The van der Waals surface area contributed by atoms with Crippen molar-refractivity contribution in [2.75, 3.05) is 13.2 Å². The second-order valence-electron chi connectivity index (χ2n) is 6.78. The molecule has 0 fully saturated rings. The van der Waals surface area contributed by atoms with E-state index in [2.05, 4.69) is 21.2 Å². The molecule has 0 aliphatic carbocycles. The van der Waals surface area contributed by atoms with Gasteiger partial charge in [-0.3, -0.25) is 9.59 Å². The third kappa shape index (κ3) is 6.09. The number of nitrogens with one attached hydrogen (secondary N) is 1. The molecule has 2 aromatic rings. The first-order valence-electron chi connectivity index (χ1n) is 9.33. The predicted octanol–water partition coefficient (Wildman–Crippen LogP) is 4.00. The van der Waals surface area contributed by atoms with Gasteiger partial charge in [0.25, 0.3) is 5.91 Å². The van der Waals surface area contributed by atoms with Gasteiger partial charge in [0.05, 0.1) is 0 Å². The molecule has 0 unspecified atom stereocenters. The zero-order chi connectivity index (χ0) is 20.7. The van der Waals surface area contributed by atoms with E-state index < -0.39 is 6.04 Å². The summed E-state index contributed by atoms with van der Waals surface area (Å²) < 4.78 is 6.68. The highest BCUT2D eigenvalue weighted by Gasteiger charge is 2.26. The molecule has 0 aliphatic heterocycles. The smallest absolute Gasteiger partial charge is 0.261 e. The van der Waals surface area contributed by atoms with Crippen molar-refractivity contribution in [3.05, 3.63) is 63.6 Å². The van der Waals surface area contributed by atoms with Gasteiger partial charge in [-0.2, -0.15) is 0 Å². The van der Waals surface area contributed by atoms with Crippen LogP contribution < -0.4 is 10.1 Å². The maximum atomic E-state index is 12.9. The third-order valence-corrected chi connectivity index (χ3v) is 4.94. The molecule has 1 N–H and O–H groups in total. The lowest BCUT2D eigenvalue weighted by Crippen LogP contribution is -2.49. The van der Waals surface area contributed by atoms with Crippen molar-refractivity contribution in [2.24, 2.45) is 0 Å². The molecule has 0 aromatic heterocycles. The van der Waals surface area contributed by atoms with Crippen molar-refractivity contribution in [3.8, 4) is 5.75 Å². The highest BCUT2D eigenvalue weighted by molar-refractivity contribution is 9.10. The number of hydrogen-bond acceptors (Lipinski definition) is 3. The molecule has 0 radical (unpaired) electrons. The molecule has 2 amide bonds. The van der Waals surface area contributed by atoms with Gasteiger partial charge >= 0.3 is 0 Å². The zero-order valence-corrected chi connectivity index (χ0v) is 18.4. The quantitative estimate of drug-likeness (QED) is 0.666. The Morgan fingerprint density at radius 1 is 1.18 bits per heavy atom. The molecule has 0 heterocycles. The van der Waals surface area contributed by atoms with Crippen molar-refractivity contribution in [1.82, 2.24) is 10.2 Å². The van der Waals surface area contributed by atoms with Crippen LogP contribution in [-0.2, 0) is 16.1 Å². The van der Waals surface area contributed by atoms with Gasteiger partial charge in [0.15, 0.2) is 6.61 Å². The summed E-state index contributed by atoms with van der Waals surface area (Å²) in [4.78, 5) is 26.9. The maximum absolute atomic E-state index is 12.9. The number of benzene rings is 2. The van der Waals surface area contributed by atoms with Gasteiger partial charge in [-0.05, 0) is 57.0 Å². The summed E-state index contributed by atoms with van der Waals surface area (Å²) in [5.41, 5.74) is 3.05. The molecule has 0 aliphatic rings. The highest BCUT2D eigenvalue weighted by Crippen LogP contribution is 2.20. The fourth-order valence-electron chi connectivity index (χ4n) is 2.92. The molecule has 6 heteroatoms. The van der Waals surface area contributed by atoms with E-state index in [1.54, 1.807) is 11.8 Å². The number of hydrogen-bond donors (Lipinski definition) is 1. The lowest BCUT2D eigenvalue weighted by Gasteiger charge is -2.28. The van der Waals surface area contributed by atoms with Gasteiger partial charge in [-0.15, -0.1) is 0 Å². The molecule has 0 saturated heterocycles. The largest absolute Gasteiger partial charge is 0.483 e. The molecule has 1 atom stereocenters. The Morgan fingerprint density at radius 3 is 2.57 bits per heavy atom. The molecular weight excluding hydrogens is 420 g/mol.